The number of nitrogens with zero attached hydrogens (tertiary/aromatic N) is 1. The Bertz CT molecular complexity index is 541. The predicted octanol–water partition coefficient (Wildman–Crippen LogP) is 2.15. The van der Waals surface area contributed by atoms with E-state index in [1.807, 2.05) is 37.3 Å². The van der Waals surface area contributed by atoms with Crippen LogP contribution in [0.1, 0.15) is 5.56 Å². The highest BCUT2D eigenvalue weighted by atomic mass is 16.5. The minimum atomic E-state index is -0.0230. The maximum absolute atomic E-state index is 11.7. The van der Waals surface area contributed by atoms with Gasteiger partial charge in [0.2, 0.25) is 0 Å². The van der Waals surface area contributed by atoms with Crippen LogP contribution in [-0.4, -0.2) is 11.7 Å². The number of methoxy groups -OCH3 is 1. The molecule has 0 atom stereocenters. The lowest BCUT2D eigenvalue weighted by molar-refractivity contribution is 0.414. The summed E-state index contributed by atoms with van der Waals surface area (Å²) in [4.78, 5) is 11.7. The highest BCUT2D eigenvalue weighted by molar-refractivity contribution is 5.37. The van der Waals surface area contributed by atoms with Crippen molar-refractivity contribution < 1.29 is 4.74 Å². The molecule has 0 unspecified atom stereocenters. The Kier molecular flexibility index (Phi) is 2.77. The first kappa shape index (κ1) is 10.5. The number of aryl methyl sites for hydroxylation is 1. The van der Waals surface area contributed by atoms with Crippen LogP contribution in [0, 0.1) is 6.92 Å². The number of hydrogen-bond donors (Lipinski definition) is 0. The van der Waals surface area contributed by atoms with Gasteiger partial charge in [0.15, 0.2) is 0 Å². The highest BCUT2D eigenvalue weighted by Gasteiger charge is 1.99. The van der Waals surface area contributed by atoms with E-state index in [4.69, 9.17) is 4.74 Å². The standard InChI is InChI=1S/C13H13NO2/c1-10-7-8-14(13(15)9-10)11-3-5-12(16-2)6-4-11/h3-9H,1-2H3. The van der Waals surface area contributed by atoms with Crippen LogP contribution in [0.4, 0.5) is 0 Å². The molecule has 2 aromatic rings. The maximum Gasteiger partial charge on any atom is 0.255 e. The Balaban J connectivity index is 2.46. The van der Waals surface area contributed by atoms with Gasteiger partial charge in [0, 0.05) is 18.0 Å². The molecular formula is C13H13NO2. The molecule has 0 aliphatic rings. The summed E-state index contributed by atoms with van der Waals surface area (Å²) in [5.74, 6) is 0.781. The van der Waals surface area contributed by atoms with Crippen LogP contribution in [0.15, 0.2) is 47.4 Å². The van der Waals surface area contributed by atoms with Crippen LogP contribution in [0.5, 0.6) is 5.75 Å². The van der Waals surface area contributed by atoms with Crippen molar-refractivity contribution in [3.05, 3.63) is 58.5 Å². The van der Waals surface area contributed by atoms with E-state index in [0.29, 0.717) is 0 Å². The summed E-state index contributed by atoms with van der Waals surface area (Å²) in [6.45, 7) is 1.90. The minimum Gasteiger partial charge on any atom is -0.497 e. The third-order valence-electron chi connectivity index (χ3n) is 2.43. The van der Waals surface area contributed by atoms with Crippen molar-refractivity contribution in [1.29, 1.82) is 0 Å². The molecule has 3 heteroatoms. The lowest BCUT2D eigenvalue weighted by Gasteiger charge is -2.06. The zero-order valence-electron chi connectivity index (χ0n) is 9.31. The molecule has 1 heterocycles. The number of benzene rings is 1. The van der Waals surface area contributed by atoms with Gasteiger partial charge in [-0.2, -0.15) is 0 Å². The second-order valence-corrected chi connectivity index (χ2v) is 3.61. The van der Waals surface area contributed by atoms with E-state index in [1.54, 1.807) is 23.9 Å². The Hall–Kier alpha value is -2.03. The van der Waals surface area contributed by atoms with Crippen LogP contribution in [0.2, 0.25) is 0 Å². The molecule has 1 aromatic carbocycles. The average Bonchev–Trinajstić information content (AvgIpc) is 2.29. The lowest BCUT2D eigenvalue weighted by Crippen LogP contribution is -2.16. The number of pyridine rings is 1. The molecule has 0 spiro atoms. The monoisotopic (exact) mass is 215 g/mol. The van der Waals surface area contributed by atoms with Gasteiger partial charge in [0.05, 0.1) is 7.11 Å². The molecule has 0 aliphatic heterocycles. The molecule has 0 saturated carbocycles. The van der Waals surface area contributed by atoms with E-state index < -0.39 is 0 Å². The molecule has 0 aliphatic carbocycles. The maximum atomic E-state index is 11.7. The van der Waals surface area contributed by atoms with Gasteiger partial charge < -0.3 is 4.74 Å². The zero-order chi connectivity index (χ0) is 11.5. The molecule has 0 fully saturated rings. The Labute approximate surface area is 93.9 Å². The lowest BCUT2D eigenvalue weighted by atomic mass is 10.2. The van der Waals surface area contributed by atoms with Crippen LogP contribution in [0.3, 0.4) is 0 Å². The fraction of sp³-hybridized carbons (Fsp3) is 0.154. The zero-order valence-corrected chi connectivity index (χ0v) is 9.31. The summed E-state index contributed by atoms with van der Waals surface area (Å²) in [6, 6.07) is 10.9. The first-order chi connectivity index (χ1) is 7.70. The van der Waals surface area contributed by atoms with Gasteiger partial charge in [0.1, 0.15) is 5.75 Å². The highest BCUT2D eigenvalue weighted by Crippen LogP contribution is 2.13. The van der Waals surface area contributed by atoms with Gasteiger partial charge >= 0.3 is 0 Å². The van der Waals surface area contributed by atoms with Crippen LogP contribution in [-0.2, 0) is 0 Å². The van der Waals surface area contributed by atoms with E-state index >= 15 is 0 Å². The third-order valence-corrected chi connectivity index (χ3v) is 2.43. The van der Waals surface area contributed by atoms with Crippen molar-refractivity contribution in [1.82, 2.24) is 4.57 Å². The summed E-state index contributed by atoms with van der Waals surface area (Å²) in [7, 11) is 1.62. The van der Waals surface area contributed by atoms with Crippen LogP contribution >= 0.6 is 0 Å². The van der Waals surface area contributed by atoms with Crippen molar-refractivity contribution in [2.75, 3.05) is 7.11 Å². The summed E-state index contributed by atoms with van der Waals surface area (Å²) < 4.78 is 6.67. The van der Waals surface area contributed by atoms with E-state index in [9.17, 15) is 4.79 Å². The van der Waals surface area contributed by atoms with Gasteiger partial charge in [-0.05, 0) is 42.8 Å². The van der Waals surface area contributed by atoms with Crippen molar-refractivity contribution in [3.8, 4) is 11.4 Å². The quantitative estimate of drug-likeness (QED) is 0.768. The summed E-state index contributed by atoms with van der Waals surface area (Å²) in [6.07, 6.45) is 1.78. The van der Waals surface area contributed by atoms with Gasteiger partial charge in [-0.25, -0.2) is 0 Å². The van der Waals surface area contributed by atoms with E-state index in [0.717, 1.165) is 17.0 Å². The minimum absolute atomic E-state index is 0.0230. The Morgan fingerprint density at radius 3 is 2.38 bits per heavy atom. The topological polar surface area (TPSA) is 31.2 Å². The van der Waals surface area contributed by atoms with Gasteiger partial charge in [0.25, 0.3) is 5.56 Å². The number of aromatic nitrogens is 1. The largest absolute Gasteiger partial charge is 0.497 e. The molecule has 0 N–H and O–H groups in total. The van der Waals surface area contributed by atoms with Crippen molar-refractivity contribution in [2.24, 2.45) is 0 Å². The molecule has 2 rings (SSSR count). The molecular weight excluding hydrogens is 202 g/mol. The Morgan fingerprint density at radius 1 is 1.12 bits per heavy atom. The van der Waals surface area contributed by atoms with Gasteiger partial charge in [-0.1, -0.05) is 0 Å². The molecule has 1 aromatic heterocycles. The van der Waals surface area contributed by atoms with Crippen molar-refractivity contribution >= 4 is 0 Å². The van der Waals surface area contributed by atoms with Crippen LogP contribution < -0.4 is 10.3 Å². The third kappa shape index (κ3) is 1.98. The van der Waals surface area contributed by atoms with Gasteiger partial charge in [-0.3, -0.25) is 9.36 Å². The fourth-order valence-corrected chi connectivity index (χ4v) is 1.53. The van der Waals surface area contributed by atoms with Crippen molar-refractivity contribution in [3.63, 3.8) is 0 Å². The van der Waals surface area contributed by atoms with E-state index in [1.165, 1.54) is 0 Å². The van der Waals surface area contributed by atoms with E-state index in [-0.39, 0.29) is 5.56 Å². The van der Waals surface area contributed by atoms with Crippen LogP contribution in [0.25, 0.3) is 5.69 Å². The molecule has 3 nitrogen and oxygen atoms in total. The number of hydrogen-bond acceptors (Lipinski definition) is 2. The molecule has 0 bridgehead atoms. The smallest absolute Gasteiger partial charge is 0.255 e. The second kappa shape index (κ2) is 4.23. The fourth-order valence-electron chi connectivity index (χ4n) is 1.53. The molecule has 0 radical (unpaired) electrons. The second-order valence-electron chi connectivity index (χ2n) is 3.61. The molecule has 16 heavy (non-hydrogen) atoms. The average molecular weight is 215 g/mol. The first-order valence-corrected chi connectivity index (χ1v) is 5.04. The number of ether oxygens (including phenoxy) is 1. The Morgan fingerprint density at radius 2 is 1.81 bits per heavy atom. The van der Waals surface area contributed by atoms with Gasteiger partial charge in [-0.15, -0.1) is 0 Å². The first-order valence-electron chi connectivity index (χ1n) is 5.04. The normalized spacial score (nSPS) is 10.1. The predicted molar refractivity (Wildman–Crippen MR) is 63.3 cm³/mol. The molecule has 0 saturated heterocycles. The number of rotatable bonds is 2. The van der Waals surface area contributed by atoms with Crippen molar-refractivity contribution in [2.45, 2.75) is 6.92 Å². The molecule has 0 amide bonds. The summed E-state index contributed by atoms with van der Waals surface area (Å²) in [5, 5.41) is 0. The molecule has 82 valence electrons. The van der Waals surface area contributed by atoms with E-state index in [2.05, 4.69) is 0 Å². The SMILES string of the molecule is COc1ccc(-n2ccc(C)cc2=O)cc1. The summed E-state index contributed by atoms with van der Waals surface area (Å²) in [5.41, 5.74) is 1.78. The summed E-state index contributed by atoms with van der Waals surface area (Å²) >= 11 is 0.